The number of rotatable bonds is 12. The fraction of sp³-hybridized carbons (Fsp3) is 0.314. The molecule has 2 unspecified atom stereocenters. The third-order valence-corrected chi connectivity index (χ3v) is 8.12. The molecule has 0 aromatic heterocycles. The first-order valence-electron chi connectivity index (χ1n) is 14.4. The molecule has 0 spiro atoms. The zero-order valence-electron chi connectivity index (χ0n) is 23.8. The van der Waals surface area contributed by atoms with Gasteiger partial charge < -0.3 is 9.47 Å². The molecule has 0 saturated heterocycles. The lowest BCUT2D eigenvalue weighted by Crippen LogP contribution is -2.21. The Hall–Kier alpha value is -4.20. The first kappa shape index (κ1) is 30.3. The largest absolute Gasteiger partial charge is 0.493 e. The van der Waals surface area contributed by atoms with E-state index < -0.39 is 46.5 Å². The maximum atomic E-state index is 14.7. The Morgan fingerprint density at radius 2 is 1.70 bits per heavy atom. The summed E-state index contributed by atoms with van der Waals surface area (Å²) in [6.07, 6.45) is 9.53. The van der Waals surface area contributed by atoms with E-state index in [-0.39, 0.29) is 18.8 Å². The number of para-hydroxylation sites is 1. The molecule has 0 amide bonds. The summed E-state index contributed by atoms with van der Waals surface area (Å²) in [5.41, 5.74) is 2.42. The summed E-state index contributed by atoms with van der Waals surface area (Å²) in [6, 6.07) is 11.7. The average Bonchev–Trinajstić information content (AvgIpc) is 3.66. The van der Waals surface area contributed by atoms with Crippen LogP contribution in [0.1, 0.15) is 72.3 Å². The predicted octanol–water partition coefficient (Wildman–Crippen LogP) is 8.55. The highest BCUT2D eigenvalue weighted by Crippen LogP contribution is 2.49. The van der Waals surface area contributed by atoms with Crippen molar-refractivity contribution in [3.05, 3.63) is 112 Å². The number of carbonyl (C=O) groups is 2. The van der Waals surface area contributed by atoms with Crippen molar-refractivity contribution in [3.8, 4) is 11.5 Å². The number of carbonyl (C=O) groups excluding carboxylic acids is 2. The number of halogens is 4. The van der Waals surface area contributed by atoms with Crippen molar-refractivity contribution in [2.24, 2.45) is 5.92 Å². The predicted molar refractivity (Wildman–Crippen MR) is 155 cm³/mol. The van der Waals surface area contributed by atoms with Crippen molar-refractivity contribution in [1.29, 1.82) is 0 Å². The minimum Gasteiger partial charge on any atom is -0.493 e. The van der Waals surface area contributed by atoms with Crippen LogP contribution in [-0.2, 0) is 4.79 Å². The number of methoxy groups -OCH3 is 1. The van der Waals surface area contributed by atoms with E-state index in [0.29, 0.717) is 46.8 Å². The molecule has 2 aliphatic carbocycles. The number of ketones is 2. The third-order valence-electron chi connectivity index (χ3n) is 8.12. The second kappa shape index (κ2) is 13.4. The number of ether oxygens (including phenoxy) is 2. The molecule has 5 rings (SSSR count). The van der Waals surface area contributed by atoms with Gasteiger partial charge in [0.25, 0.3) is 0 Å². The molecule has 8 heteroatoms. The van der Waals surface area contributed by atoms with Crippen LogP contribution in [0.15, 0.2) is 72.3 Å². The average molecular weight is 593 g/mol. The molecule has 224 valence electrons. The van der Waals surface area contributed by atoms with Gasteiger partial charge in [-0.25, -0.2) is 17.6 Å². The second-order valence-corrected chi connectivity index (χ2v) is 11.0. The Morgan fingerprint density at radius 3 is 2.37 bits per heavy atom. The van der Waals surface area contributed by atoms with Crippen LogP contribution in [0, 0.1) is 29.2 Å². The fourth-order valence-electron chi connectivity index (χ4n) is 6.01. The van der Waals surface area contributed by atoms with Crippen LogP contribution in [0.25, 0.3) is 5.57 Å². The molecule has 0 heterocycles. The molecular weight excluding hydrogens is 560 g/mol. The van der Waals surface area contributed by atoms with Gasteiger partial charge in [-0.2, -0.15) is 0 Å². The first-order chi connectivity index (χ1) is 20.7. The van der Waals surface area contributed by atoms with Gasteiger partial charge in [-0.1, -0.05) is 42.0 Å². The van der Waals surface area contributed by atoms with Crippen LogP contribution in [0.3, 0.4) is 0 Å². The third kappa shape index (κ3) is 6.90. The molecule has 43 heavy (non-hydrogen) atoms. The molecule has 3 aromatic rings. The van der Waals surface area contributed by atoms with E-state index in [1.54, 1.807) is 36.4 Å². The van der Waals surface area contributed by atoms with Crippen LogP contribution in [-0.4, -0.2) is 25.3 Å². The highest BCUT2D eigenvalue weighted by Gasteiger charge is 2.39. The lowest BCUT2D eigenvalue weighted by Gasteiger charge is -2.23. The Morgan fingerprint density at radius 1 is 0.953 bits per heavy atom. The zero-order valence-corrected chi connectivity index (χ0v) is 23.8. The molecule has 2 atom stereocenters. The van der Waals surface area contributed by atoms with E-state index >= 15 is 0 Å². The van der Waals surface area contributed by atoms with E-state index in [1.807, 2.05) is 0 Å². The first-order valence-corrected chi connectivity index (χ1v) is 14.4. The summed E-state index contributed by atoms with van der Waals surface area (Å²) in [5, 5.41) is 0. The standard InChI is InChI=1S/C35H32F4O4/c1-42-35-27(10-5-11-32(35)43-20-26(40)9-4-8-21-6-2-3-7-21)28-16-23(22-12-14-24(36)15-13-22)17-29(28)34(41)33-30(38)18-25(37)19-31(33)39/h5-6,10-15,17-19,28-29H,2-4,7-9,16,20H2,1H3. The van der Waals surface area contributed by atoms with Crippen LogP contribution < -0.4 is 9.47 Å². The maximum absolute atomic E-state index is 14.7. The number of allylic oxidation sites excluding steroid dienone is 4. The highest BCUT2D eigenvalue weighted by atomic mass is 19.1. The highest BCUT2D eigenvalue weighted by molar-refractivity contribution is 6.02. The van der Waals surface area contributed by atoms with Gasteiger partial charge >= 0.3 is 0 Å². The molecule has 0 fully saturated rings. The van der Waals surface area contributed by atoms with Crippen LogP contribution >= 0.6 is 0 Å². The molecule has 0 radical (unpaired) electrons. The van der Waals surface area contributed by atoms with Crippen LogP contribution in [0.2, 0.25) is 0 Å². The summed E-state index contributed by atoms with van der Waals surface area (Å²) in [7, 11) is 1.43. The van der Waals surface area contributed by atoms with Crippen molar-refractivity contribution in [3.63, 3.8) is 0 Å². The van der Waals surface area contributed by atoms with Gasteiger partial charge in [0.2, 0.25) is 0 Å². The van der Waals surface area contributed by atoms with Gasteiger partial charge in [-0.3, -0.25) is 9.59 Å². The Labute approximate surface area is 248 Å². The minimum atomic E-state index is -1.29. The normalized spacial score (nSPS) is 17.9. The topological polar surface area (TPSA) is 52.6 Å². The zero-order chi connectivity index (χ0) is 30.5. The lowest BCUT2D eigenvalue weighted by atomic mass is 9.82. The van der Waals surface area contributed by atoms with Crippen LogP contribution in [0.4, 0.5) is 17.6 Å². The molecule has 0 bridgehead atoms. The van der Waals surface area contributed by atoms with Gasteiger partial charge in [0.05, 0.1) is 12.7 Å². The summed E-state index contributed by atoms with van der Waals surface area (Å²) < 4.78 is 68.3. The smallest absolute Gasteiger partial charge is 0.176 e. The second-order valence-electron chi connectivity index (χ2n) is 11.0. The fourth-order valence-corrected chi connectivity index (χ4v) is 6.01. The van der Waals surface area contributed by atoms with E-state index in [0.717, 1.165) is 25.7 Å². The van der Waals surface area contributed by atoms with Gasteiger partial charge in [0.15, 0.2) is 23.1 Å². The number of hydrogen-bond acceptors (Lipinski definition) is 4. The van der Waals surface area contributed by atoms with Crippen molar-refractivity contribution < 1.29 is 36.6 Å². The Kier molecular flexibility index (Phi) is 9.43. The quantitative estimate of drug-likeness (QED) is 0.120. The molecule has 0 aliphatic heterocycles. The van der Waals surface area contributed by atoms with Gasteiger partial charge in [-0.05, 0) is 67.9 Å². The van der Waals surface area contributed by atoms with Gasteiger partial charge in [0, 0.05) is 36.0 Å². The van der Waals surface area contributed by atoms with Crippen molar-refractivity contribution in [2.45, 2.75) is 50.9 Å². The maximum Gasteiger partial charge on any atom is 0.176 e. The van der Waals surface area contributed by atoms with Crippen molar-refractivity contribution in [1.82, 2.24) is 0 Å². The van der Waals surface area contributed by atoms with Crippen molar-refractivity contribution >= 4 is 17.1 Å². The molecule has 3 aromatic carbocycles. The van der Waals surface area contributed by atoms with Crippen molar-refractivity contribution in [2.75, 3.05) is 13.7 Å². The molecule has 2 aliphatic rings. The minimum absolute atomic E-state index is 0.0532. The monoisotopic (exact) mass is 592 g/mol. The van der Waals surface area contributed by atoms with E-state index in [1.165, 1.54) is 31.2 Å². The van der Waals surface area contributed by atoms with E-state index in [9.17, 15) is 27.2 Å². The summed E-state index contributed by atoms with van der Waals surface area (Å²) in [4.78, 5) is 26.3. The molecular formula is C35H32F4O4. The SMILES string of the molecule is COc1c(OCC(=O)CCCC2=CCCC2)cccc1C1CC(c2ccc(F)cc2)=CC1C(=O)c1c(F)cc(F)cc1F. The summed E-state index contributed by atoms with van der Waals surface area (Å²) in [6.45, 7) is -0.156. The van der Waals surface area contributed by atoms with Crippen LogP contribution in [0.5, 0.6) is 11.5 Å². The number of benzene rings is 3. The summed E-state index contributed by atoms with van der Waals surface area (Å²) >= 11 is 0. The lowest BCUT2D eigenvalue weighted by molar-refractivity contribution is -0.121. The Bertz CT molecular complexity index is 1550. The molecule has 0 N–H and O–H groups in total. The summed E-state index contributed by atoms with van der Waals surface area (Å²) in [5.74, 6) is -6.17. The molecule has 0 saturated carbocycles. The number of Topliss-reactive ketones (excluding diaryl/α,β-unsaturated/α-hetero) is 2. The van der Waals surface area contributed by atoms with Gasteiger partial charge in [-0.15, -0.1) is 0 Å². The van der Waals surface area contributed by atoms with Gasteiger partial charge in [0.1, 0.15) is 29.9 Å². The van der Waals surface area contributed by atoms with E-state index in [4.69, 9.17) is 9.47 Å². The Balaban J connectivity index is 1.41. The number of hydrogen-bond donors (Lipinski definition) is 0. The van der Waals surface area contributed by atoms with E-state index in [2.05, 4.69) is 6.08 Å². The molecule has 4 nitrogen and oxygen atoms in total.